The number of carbonyl (C=O) groups is 2. The maximum Gasteiger partial charge on any atom is 0.242 e. The van der Waals surface area contributed by atoms with Gasteiger partial charge in [0.1, 0.15) is 6.04 Å². The van der Waals surface area contributed by atoms with Crippen LogP contribution in [-0.2, 0) is 21.9 Å². The van der Waals surface area contributed by atoms with Gasteiger partial charge in [-0.2, -0.15) is 0 Å². The van der Waals surface area contributed by atoms with Crippen molar-refractivity contribution in [3.63, 3.8) is 0 Å². The minimum absolute atomic E-state index is 0.0171. The number of thioether (sulfide) groups is 1. The number of rotatable bonds is 9. The maximum absolute atomic E-state index is 13.1. The number of halogens is 2. The van der Waals surface area contributed by atoms with E-state index in [1.807, 2.05) is 39.0 Å². The predicted octanol–water partition coefficient (Wildman–Crippen LogP) is 5.48. The summed E-state index contributed by atoms with van der Waals surface area (Å²) in [5.41, 5.74) is 2.99. The van der Waals surface area contributed by atoms with E-state index in [9.17, 15) is 9.59 Å². The first-order valence-electron chi connectivity index (χ1n) is 9.85. The molecule has 2 rings (SSSR count). The molecule has 0 unspecified atom stereocenters. The molecule has 2 aromatic carbocycles. The van der Waals surface area contributed by atoms with E-state index in [0.29, 0.717) is 15.6 Å². The Bertz CT molecular complexity index is 869. The lowest BCUT2D eigenvalue weighted by atomic mass is 10.1. The number of nitrogens with one attached hydrogen (secondary N) is 1. The fourth-order valence-corrected chi connectivity index (χ4v) is 4.36. The smallest absolute Gasteiger partial charge is 0.242 e. The van der Waals surface area contributed by atoms with Gasteiger partial charge in [0.2, 0.25) is 11.8 Å². The third kappa shape index (κ3) is 7.22. The second-order valence-electron chi connectivity index (χ2n) is 7.54. The largest absolute Gasteiger partial charge is 0.352 e. The number of amides is 2. The first-order valence-corrected chi connectivity index (χ1v) is 11.8. The molecule has 0 aromatic heterocycles. The van der Waals surface area contributed by atoms with Gasteiger partial charge in [-0.15, -0.1) is 11.8 Å². The molecule has 0 saturated carbocycles. The zero-order valence-electron chi connectivity index (χ0n) is 17.7. The van der Waals surface area contributed by atoms with Crippen LogP contribution in [0.5, 0.6) is 0 Å². The lowest BCUT2D eigenvalue weighted by molar-refractivity contribution is -0.138. The lowest BCUT2D eigenvalue weighted by Gasteiger charge is -2.30. The monoisotopic (exact) mass is 466 g/mol. The Hall–Kier alpha value is -1.69. The third-order valence-electron chi connectivity index (χ3n) is 4.57. The van der Waals surface area contributed by atoms with Gasteiger partial charge in [-0.3, -0.25) is 9.59 Å². The van der Waals surface area contributed by atoms with E-state index in [-0.39, 0.29) is 30.2 Å². The first-order chi connectivity index (χ1) is 14.2. The van der Waals surface area contributed by atoms with Gasteiger partial charge in [0, 0.05) is 33.9 Å². The molecule has 1 atom stereocenters. The number of hydrogen-bond acceptors (Lipinski definition) is 3. The molecule has 0 spiro atoms. The van der Waals surface area contributed by atoms with Crippen LogP contribution in [-0.4, -0.2) is 34.6 Å². The average molecular weight is 467 g/mol. The van der Waals surface area contributed by atoms with E-state index in [2.05, 4.69) is 11.4 Å². The number of hydrogen-bond donors (Lipinski definition) is 1. The number of benzene rings is 2. The van der Waals surface area contributed by atoms with Crippen LogP contribution in [0.2, 0.25) is 10.0 Å². The van der Waals surface area contributed by atoms with Crippen molar-refractivity contribution in [3.05, 3.63) is 69.2 Å². The molecular weight excluding hydrogens is 439 g/mol. The molecule has 30 heavy (non-hydrogen) atoms. The summed E-state index contributed by atoms with van der Waals surface area (Å²) < 4.78 is 0. The second-order valence-corrected chi connectivity index (χ2v) is 9.34. The maximum atomic E-state index is 13.1. The van der Waals surface area contributed by atoms with Crippen LogP contribution in [0.3, 0.4) is 0 Å². The van der Waals surface area contributed by atoms with Gasteiger partial charge in [0.25, 0.3) is 0 Å². The van der Waals surface area contributed by atoms with Gasteiger partial charge in [0.15, 0.2) is 0 Å². The van der Waals surface area contributed by atoms with Crippen molar-refractivity contribution in [1.29, 1.82) is 0 Å². The zero-order valence-corrected chi connectivity index (χ0v) is 20.1. The molecule has 2 aromatic rings. The fraction of sp³-hybridized carbons (Fsp3) is 0.391. The Balaban J connectivity index is 2.14. The van der Waals surface area contributed by atoms with Gasteiger partial charge >= 0.3 is 0 Å². The third-order valence-corrected chi connectivity index (χ3v) is 6.26. The van der Waals surface area contributed by atoms with Crippen molar-refractivity contribution < 1.29 is 9.59 Å². The topological polar surface area (TPSA) is 49.4 Å². The Morgan fingerprint density at radius 1 is 1.07 bits per heavy atom. The van der Waals surface area contributed by atoms with Crippen LogP contribution < -0.4 is 5.32 Å². The van der Waals surface area contributed by atoms with E-state index in [1.165, 1.54) is 22.9 Å². The second kappa shape index (κ2) is 11.6. The Kier molecular flexibility index (Phi) is 9.53. The van der Waals surface area contributed by atoms with E-state index < -0.39 is 6.04 Å². The van der Waals surface area contributed by atoms with Crippen LogP contribution in [0, 0.1) is 6.92 Å². The quantitative estimate of drug-likeness (QED) is 0.532. The Morgan fingerprint density at radius 3 is 2.30 bits per heavy atom. The molecule has 2 amide bonds. The molecule has 0 heterocycles. The number of nitrogens with zero attached hydrogens (tertiary/aromatic N) is 1. The summed E-state index contributed by atoms with van der Waals surface area (Å²) in [6.45, 7) is 7.73. The van der Waals surface area contributed by atoms with Crippen molar-refractivity contribution >= 4 is 46.8 Å². The van der Waals surface area contributed by atoms with E-state index in [1.54, 1.807) is 30.0 Å². The molecule has 0 aliphatic rings. The minimum atomic E-state index is -0.646. The summed E-state index contributed by atoms with van der Waals surface area (Å²) in [7, 11) is 0. The summed E-state index contributed by atoms with van der Waals surface area (Å²) in [6.07, 6.45) is 0. The molecule has 0 radical (unpaired) electrons. The SMILES string of the molecule is Cc1cccc(CSCC(=O)N(Cc2c(Cl)cccc2Cl)[C@H](C)C(=O)NC(C)C)c1. The van der Waals surface area contributed by atoms with Crippen molar-refractivity contribution in [3.8, 4) is 0 Å². The summed E-state index contributed by atoms with van der Waals surface area (Å²) in [5, 5.41) is 3.83. The molecule has 1 N–H and O–H groups in total. The minimum Gasteiger partial charge on any atom is -0.352 e. The zero-order chi connectivity index (χ0) is 22.3. The molecule has 0 aliphatic heterocycles. The highest BCUT2D eigenvalue weighted by Crippen LogP contribution is 2.27. The molecule has 0 bridgehead atoms. The van der Waals surface area contributed by atoms with Crippen LogP contribution in [0.25, 0.3) is 0 Å². The van der Waals surface area contributed by atoms with Crippen LogP contribution in [0.4, 0.5) is 0 Å². The predicted molar refractivity (Wildman–Crippen MR) is 127 cm³/mol. The highest BCUT2D eigenvalue weighted by Gasteiger charge is 2.27. The average Bonchev–Trinajstić information content (AvgIpc) is 2.66. The van der Waals surface area contributed by atoms with E-state index >= 15 is 0 Å². The van der Waals surface area contributed by atoms with Gasteiger partial charge in [-0.05, 0) is 45.4 Å². The van der Waals surface area contributed by atoms with Crippen LogP contribution in [0.15, 0.2) is 42.5 Å². The van der Waals surface area contributed by atoms with Crippen LogP contribution in [0.1, 0.15) is 37.5 Å². The molecule has 4 nitrogen and oxygen atoms in total. The molecule has 162 valence electrons. The van der Waals surface area contributed by atoms with Crippen molar-refractivity contribution in [2.24, 2.45) is 0 Å². The Labute approximate surface area is 193 Å². The van der Waals surface area contributed by atoms with Crippen LogP contribution >= 0.6 is 35.0 Å². The molecular formula is C23H28Cl2N2O2S. The van der Waals surface area contributed by atoms with Crippen molar-refractivity contribution in [2.75, 3.05) is 5.75 Å². The van der Waals surface area contributed by atoms with Gasteiger partial charge in [0.05, 0.1) is 5.75 Å². The molecule has 0 fully saturated rings. The van der Waals surface area contributed by atoms with Crippen molar-refractivity contribution in [1.82, 2.24) is 10.2 Å². The fourth-order valence-electron chi connectivity index (χ4n) is 2.98. The highest BCUT2D eigenvalue weighted by atomic mass is 35.5. The number of aryl methyl sites for hydroxylation is 1. The number of carbonyl (C=O) groups excluding carboxylic acids is 2. The first kappa shape index (κ1) is 24.6. The van der Waals surface area contributed by atoms with E-state index in [0.717, 1.165) is 5.75 Å². The summed E-state index contributed by atoms with van der Waals surface area (Å²) >= 11 is 14.2. The lowest BCUT2D eigenvalue weighted by Crippen LogP contribution is -2.49. The molecule has 0 saturated heterocycles. The molecule has 0 aliphatic carbocycles. The molecule has 7 heteroatoms. The highest BCUT2D eigenvalue weighted by molar-refractivity contribution is 7.99. The summed E-state index contributed by atoms with van der Waals surface area (Å²) in [5.74, 6) is 0.649. The standard InChI is InChI=1S/C23H28Cl2N2O2S/c1-15(2)26-23(29)17(4)27(12-19-20(24)9-6-10-21(19)25)22(28)14-30-13-18-8-5-7-16(3)11-18/h5-11,15,17H,12-14H2,1-4H3,(H,26,29)/t17-/m1/s1. The Morgan fingerprint density at radius 2 is 1.70 bits per heavy atom. The van der Waals surface area contributed by atoms with Crippen molar-refractivity contribution in [2.45, 2.75) is 52.1 Å². The van der Waals surface area contributed by atoms with Gasteiger partial charge in [-0.1, -0.05) is 59.1 Å². The summed E-state index contributed by atoms with van der Waals surface area (Å²) in [6, 6.07) is 12.8. The van der Waals surface area contributed by atoms with Gasteiger partial charge < -0.3 is 10.2 Å². The van der Waals surface area contributed by atoms with E-state index in [4.69, 9.17) is 23.2 Å². The summed E-state index contributed by atoms with van der Waals surface area (Å²) in [4.78, 5) is 27.3. The van der Waals surface area contributed by atoms with Gasteiger partial charge in [-0.25, -0.2) is 0 Å². The normalized spacial score (nSPS) is 12.0.